The summed E-state index contributed by atoms with van der Waals surface area (Å²) in [5.74, 6) is 0. The van der Waals surface area contributed by atoms with Crippen LogP contribution >= 0.6 is 0 Å². The molecule has 0 heterocycles. The highest BCUT2D eigenvalue weighted by molar-refractivity contribution is 5.54. The Morgan fingerprint density at radius 1 is 0.905 bits per heavy atom. The van der Waals surface area contributed by atoms with Crippen molar-refractivity contribution < 1.29 is 0 Å². The van der Waals surface area contributed by atoms with E-state index in [9.17, 15) is 0 Å². The highest BCUT2D eigenvalue weighted by atomic mass is 14.9. The molecule has 112 valence electrons. The average Bonchev–Trinajstić information content (AvgIpc) is 2.46. The van der Waals surface area contributed by atoms with Gasteiger partial charge >= 0.3 is 0 Å². The van der Waals surface area contributed by atoms with Gasteiger partial charge in [-0.2, -0.15) is 0 Å². The minimum Gasteiger partial charge on any atom is -0.382 e. The Balaban J connectivity index is 1.98. The Morgan fingerprint density at radius 3 is 2.19 bits per heavy atom. The summed E-state index contributed by atoms with van der Waals surface area (Å²) in [4.78, 5) is 0. The predicted octanol–water partition coefficient (Wildman–Crippen LogP) is 5.42. The van der Waals surface area contributed by atoms with E-state index in [1.807, 2.05) is 0 Å². The fourth-order valence-electron chi connectivity index (χ4n) is 2.63. The van der Waals surface area contributed by atoms with Gasteiger partial charge in [-0.15, -0.1) is 0 Å². The number of hydrogen-bond donors (Lipinski definition) is 1. The zero-order valence-electron chi connectivity index (χ0n) is 13.7. The van der Waals surface area contributed by atoms with Gasteiger partial charge in [-0.05, 0) is 42.4 Å². The molecule has 0 aromatic heterocycles. The molecular formula is C20H27N. The van der Waals surface area contributed by atoms with Gasteiger partial charge in [-0.1, -0.05) is 69.3 Å². The first-order valence-electron chi connectivity index (χ1n) is 7.87. The topological polar surface area (TPSA) is 12.0 Å². The summed E-state index contributed by atoms with van der Waals surface area (Å²) in [5.41, 5.74) is 4.24. The largest absolute Gasteiger partial charge is 0.382 e. The van der Waals surface area contributed by atoms with Gasteiger partial charge < -0.3 is 5.32 Å². The monoisotopic (exact) mass is 281 g/mol. The molecular weight excluding hydrogens is 254 g/mol. The normalized spacial score (nSPS) is 13.0. The number of benzene rings is 2. The summed E-state index contributed by atoms with van der Waals surface area (Å²) in [7, 11) is 0. The van der Waals surface area contributed by atoms with E-state index in [1.165, 1.54) is 16.8 Å². The van der Waals surface area contributed by atoms with Crippen LogP contribution in [0.2, 0.25) is 0 Å². The van der Waals surface area contributed by atoms with Gasteiger partial charge in [0.2, 0.25) is 0 Å². The van der Waals surface area contributed by atoms with Crippen LogP contribution in [0, 0.1) is 0 Å². The molecule has 1 heteroatoms. The molecule has 1 N–H and O–H groups in total. The molecule has 0 aliphatic rings. The lowest BCUT2D eigenvalue weighted by Gasteiger charge is -2.25. The Labute approximate surface area is 129 Å². The number of nitrogens with one attached hydrogen (secondary N) is 1. The average molecular weight is 281 g/mol. The van der Waals surface area contributed by atoms with E-state index < -0.39 is 0 Å². The van der Waals surface area contributed by atoms with Crippen molar-refractivity contribution in [3.8, 4) is 0 Å². The minimum absolute atomic E-state index is 0.169. The second-order valence-corrected chi connectivity index (χ2v) is 6.87. The summed E-state index contributed by atoms with van der Waals surface area (Å²) in [6.45, 7) is 9.06. The SMILES string of the molecule is CC(CCc1ccccc1)Nc1ccccc1C(C)(C)C. The molecule has 21 heavy (non-hydrogen) atoms. The smallest absolute Gasteiger partial charge is 0.0380 e. The van der Waals surface area contributed by atoms with Crippen molar-refractivity contribution in [1.29, 1.82) is 0 Å². The Morgan fingerprint density at radius 2 is 1.52 bits per heavy atom. The number of rotatable bonds is 5. The lowest BCUT2D eigenvalue weighted by Crippen LogP contribution is -2.20. The van der Waals surface area contributed by atoms with E-state index in [1.54, 1.807) is 0 Å². The molecule has 2 aromatic carbocycles. The van der Waals surface area contributed by atoms with Crippen LogP contribution in [0.5, 0.6) is 0 Å². The van der Waals surface area contributed by atoms with E-state index >= 15 is 0 Å². The number of para-hydroxylation sites is 1. The lowest BCUT2D eigenvalue weighted by molar-refractivity contribution is 0.589. The molecule has 0 fully saturated rings. The third kappa shape index (κ3) is 4.63. The van der Waals surface area contributed by atoms with Crippen LogP contribution in [0.4, 0.5) is 5.69 Å². The minimum atomic E-state index is 0.169. The van der Waals surface area contributed by atoms with Gasteiger partial charge in [0.15, 0.2) is 0 Å². The van der Waals surface area contributed by atoms with Gasteiger partial charge in [0, 0.05) is 11.7 Å². The lowest BCUT2D eigenvalue weighted by atomic mass is 9.85. The van der Waals surface area contributed by atoms with Gasteiger partial charge in [-0.25, -0.2) is 0 Å². The van der Waals surface area contributed by atoms with Crippen LogP contribution < -0.4 is 5.32 Å². The van der Waals surface area contributed by atoms with Crippen LogP contribution in [0.1, 0.15) is 45.2 Å². The highest BCUT2D eigenvalue weighted by Gasteiger charge is 2.18. The maximum atomic E-state index is 3.69. The fraction of sp³-hybridized carbons (Fsp3) is 0.400. The molecule has 0 spiro atoms. The van der Waals surface area contributed by atoms with E-state index in [0.29, 0.717) is 6.04 Å². The third-order valence-corrected chi connectivity index (χ3v) is 3.85. The van der Waals surface area contributed by atoms with Crippen LogP contribution in [0.25, 0.3) is 0 Å². The summed E-state index contributed by atoms with van der Waals surface area (Å²) in [6, 6.07) is 19.8. The van der Waals surface area contributed by atoms with Crippen LogP contribution in [-0.2, 0) is 11.8 Å². The Bertz CT molecular complexity index is 552. The molecule has 0 saturated heterocycles. The molecule has 2 rings (SSSR count). The molecule has 1 atom stereocenters. The first-order valence-corrected chi connectivity index (χ1v) is 7.87. The third-order valence-electron chi connectivity index (χ3n) is 3.85. The zero-order chi connectivity index (χ0) is 15.3. The molecule has 1 nitrogen and oxygen atoms in total. The van der Waals surface area contributed by atoms with E-state index in [4.69, 9.17) is 0 Å². The number of anilines is 1. The quantitative estimate of drug-likeness (QED) is 0.772. The maximum Gasteiger partial charge on any atom is 0.0380 e. The van der Waals surface area contributed by atoms with Crippen molar-refractivity contribution in [1.82, 2.24) is 0 Å². The fourth-order valence-corrected chi connectivity index (χ4v) is 2.63. The van der Waals surface area contributed by atoms with Crippen molar-refractivity contribution in [2.24, 2.45) is 0 Å². The van der Waals surface area contributed by atoms with E-state index in [0.717, 1.165) is 12.8 Å². The molecule has 2 aromatic rings. The predicted molar refractivity (Wildman–Crippen MR) is 93.0 cm³/mol. The highest BCUT2D eigenvalue weighted by Crippen LogP contribution is 2.29. The summed E-state index contributed by atoms with van der Waals surface area (Å²) >= 11 is 0. The second kappa shape index (κ2) is 6.80. The number of aryl methyl sites for hydroxylation is 1. The number of hydrogen-bond acceptors (Lipinski definition) is 1. The molecule has 0 saturated carbocycles. The molecule has 0 amide bonds. The molecule has 0 aliphatic carbocycles. The van der Waals surface area contributed by atoms with Crippen LogP contribution in [0.3, 0.4) is 0 Å². The first kappa shape index (κ1) is 15.6. The summed E-state index contributed by atoms with van der Waals surface area (Å²) in [6.07, 6.45) is 2.26. The van der Waals surface area contributed by atoms with Gasteiger partial charge in [-0.3, -0.25) is 0 Å². The van der Waals surface area contributed by atoms with Gasteiger partial charge in [0.05, 0.1) is 0 Å². The second-order valence-electron chi connectivity index (χ2n) is 6.87. The summed E-state index contributed by atoms with van der Waals surface area (Å²) < 4.78 is 0. The molecule has 0 bridgehead atoms. The molecule has 0 aliphatic heterocycles. The van der Waals surface area contributed by atoms with E-state index in [-0.39, 0.29) is 5.41 Å². The first-order chi connectivity index (χ1) is 9.97. The van der Waals surface area contributed by atoms with Crippen molar-refractivity contribution in [3.05, 3.63) is 65.7 Å². The Hall–Kier alpha value is -1.76. The Kier molecular flexibility index (Phi) is 5.06. The van der Waals surface area contributed by atoms with Crippen molar-refractivity contribution in [2.75, 3.05) is 5.32 Å². The molecule has 1 unspecified atom stereocenters. The van der Waals surface area contributed by atoms with Crippen molar-refractivity contribution >= 4 is 5.69 Å². The van der Waals surface area contributed by atoms with Crippen molar-refractivity contribution in [2.45, 2.75) is 52.0 Å². The maximum absolute atomic E-state index is 3.69. The van der Waals surface area contributed by atoms with Crippen LogP contribution in [-0.4, -0.2) is 6.04 Å². The van der Waals surface area contributed by atoms with Crippen molar-refractivity contribution in [3.63, 3.8) is 0 Å². The van der Waals surface area contributed by atoms with E-state index in [2.05, 4.69) is 87.6 Å². The molecule has 0 radical (unpaired) electrons. The van der Waals surface area contributed by atoms with Gasteiger partial charge in [0.1, 0.15) is 0 Å². The van der Waals surface area contributed by atoms with Crippen LogP contribution in [0.15, 0.2) is 54.6 Å². The zero-order valence-corrected chi connectivity index (χ0v) is 13.7. The van der Waals surface area contributed by atoms with Gasteiger partial charge in [0.25, 0.3) is 0 Å². The summed E-state index contributed by atoms with van der Waals surface area (Å²) in [5, 5.41) is 3.69. The standard InChI is InChI=1S/C20H27N/c1-16(14-15-17-10-6-5-7-11-17)21-19-13-9-8-12-18(19)20(2,3)4/h5-13,16,21H,14-15H2,1-4H3.